The number of alkyl halides is 2. The first-order valence-corrected chi connectivity index (χ1v) is 10.1. The predicted octanol–water partition coefficient (Wildman–Crippen LogP) is 2.34. The van der Waals surface area contributed by atoms with Gasteiger partial charge in [0.05, 0.1) is 30.5 Å². The van der Waals surface area contributed by atoms with Crippen LogP contribution < -0.4 is 16.2 Å². The first-order valence-electron chi connectivity index (χ1n) is 10.1. The Morgan fingerprint density at radius 3 is 2.76 bits per heavy atom. The molecular formula is C22H21F2N7O2. The van der Waals surface area contributed by atoms with Crippen LogP contribution in [0.5, 0.6) is 0 Å². The third-order valence-electron chi connectivity index (χ3n) is 5.10. The Balaban J connectivity index is 1.41. The van der Waals surface area contributed by atoms with Gasteiger partial charge in [0.2, 0.25) is 5.91 Å². The average molecular weight is 453 g/mol. The zero-order chi connectivity index (χ0) is 23.4. The van der Waals surface area contributed by atoms with Gasteiger partial charge in [-0.25, -0.2) is 4.98 Å². The van der Waals surface area contributed by atoms with Gasteiger partial charge in [-0.05, 0) is 31.2 Å². The molecule has 9 nitrogen and oxygen atoms in total. The maximum atomic E-state index is 14.4. The zero-order valence-electron chi connectivity index (χ0n) is 17.7. The molecule has 0 aliphatic carbocycles. The van der Waals surface area contributed by atoms with Gasteiger partial charge in [0.25, 0.3) is 11.5 Å². The number of hydrogen-bond acceptors (Lipinski definition) is 6. The van der Waals surface area contributed by atoms with Gasteiger partial charge in [0.1, 0.15) is 6.54 Å². The molecule has 170 valence electrons. The van der Waals surface area contributed by atoms with E-state index in [1.165, 1.54) is 35.3 Å². The van der Waals surface area contributed by atoms with Crippen LogP contribution in [-0.2, 0) is 23.8 Å². The third-order valence-corrected chi connectivity index (χ3v) is 5.10. The Morgan fingerprint density at radius 2 is 1.97 bits per heavy atom. The first kappa shape index (κ1) is 22.1. The highest BCUT2D eigenvalue weighted by Crippen LogP contribution is 2.27. The van der Waals surface area contributed by atoms with E-state index < -0.39 is 23.9 Å². The van der Waals surface area contributed by atoms with Gasteiger partial charge in [0.15, 0.2) is 5.82 Å². The number of hydrogen-bond donors (Lipinski definition) is 3. The van der Waals surface area contributed by atoms with Crippen molar-refractivity contribution >= 4 is 22.6 Å². The van der Waals surface area contributed by atoms with Crippen molar-refractivity contribution in [2.75, 3.05) is 11.9 Å². The summed E-state index contributed by atoms with van der Waals surface area (Å²) in [6.45, 7) is 0.678. The van der Waals surface area contributed by atoms with E-state index in [1.54, 1.807) is 19.3 Å². The van der Waals surface area contributed by atoms with Crippen LogP contribution in [-0.4, -0.2) is 37.0 Å². The van der Waals surface area contributed by atoms with E-state index in [2.05, 4.69) is 30.6 Å². The number of amides is 1. The second-order valence-corrected chi connectivity index (χ2v) is 7.45. The fraction of sp³-hybridized carbons (Fsp3) is 0.227. The van der Waals surface area contributed by atoms with Crippen molar-refractivity contribution in [2.24, 2.45) is 0 Å². The minimum Gasteiger partial charge on any atom is -0.360 e. The molecule has 0 unspecified atom stereocenters. The molecule has 0 aliphatic heterocycles. The van der Waals surface area contributed by atoms with Crippen LogP contribution in [0.3, 0.4) is 0 Å². The number of carbonyl (C=O) groups excluding carboxylic acids is 1. The SMILES string of the molecule is Cc1cnc(NCC(F)(F)c2ccncc2)c(=O)n1CC(=O)NCc1cc2cc[nH]c2cn1. The summed E-state index contributed by atoms with van der Waals surface area (Å²) in [5.41, 5.74) is 1.08. The number of anilines is 1. The number of pyridine rings is 2. The number of nitrogens with one attached hydrogen (secondary N) is 3. The molecule has 4 heterocycles. The Labute approximate surface area is 186 Å². The van der Waals surface area contributed by atoms with Gasteiger partial charge in [-0.15, -0.1) is 0 Å². The number of nitrogens with zero attached hydrogens (tertiary/aromatic N) is 4. The summed E-state index contributed by atoms with van der Waals surface area (Å²) in [5.74, 6) is -3.92. The topological polar surface area (TPSA) is 118 Å². The van der Waals surface area contributed by atoms with Crippen LogP contribution in [0.2, 0.25) is 0 Å². The minimum absolute atomic E-state index is 0.183. The molecule has 0 aromatic carbocycles. The van der Waals surface area contributed by atoms with E-state index in [9.17, 15) is 18.4 Å². The fourth-order valence-corrected chi connectivity index (χ4v) is 3.26. The molecule has 0 radical (unpaired) electrons. The molecule has 0 spiro atoms. The molecule has 33 heavy (non-hydrogen) atoms. The molecule has 0 saturated heterocycles. The number of aromatic nitrogens is 5. The maximum Gasteiger partial charge on any atom is 0.293 e. The number of halogens is 2. The summed E-state index contributed by atoms with van der Waals surface area (Å²) in [4.78, 5) is 40.2. The summed E-state index contributed by atoms with van der Waals surface area (Å²) in [6.07, 6.45) is 7.36. The smallest absolute Gasteiger partial charge is 0.293 e. The average Bonchev–Trinajstić information content (AvgIpc) is 3.28. The molecule has 3 N–H and O–H groups in total. The maximum absolute atomic E-state index is 14.4. The Bertz CT molecular complexity index is 1340. The highest BCUT2D eigenvalue weighted by atomic mass is 19.3. The van der Waals surface area contributed by atoms with Crippen LogP contribution >= 0.6 is 0 Å². The minimum atomic E-state index is -3.24. The van der Waals surface area contributed by atoms with E-state index in [4.69, 9.17) is 0 Å². The van der Waals surface area contributed by atoms with Gasteiger partial charge in [-0.2, -0.15) is 8.78 Å². The van der Waals surface area contributed by atoms with Crippen molar-refractivity contribution in [3.8, 4) is 0 Å². The third kappa shape index (κ3) is 5.03. The molecule has 0 saturated carbocycles. The lowest BCUT2D eigenvalue weighted by atomic mass is 10.1. The monoisotopic (exact) mass is 453 g/mol. The Kier molecular flexibility index (Phi) is 6.11. The standard InChI is InChI=1S/C22H21F2N7O2/c1-14-9-29-20(30-13-22(23,24)16-3-5-25-6-4-16)21(33)31(14)12-19(32)28-10-17-8-15-2-7-26-18(15)11-27-17/h2-9,11,26H,10,12-13H2,1H3,(H,28,32)(H,29,30). The van der Waals surface area contributed by atoms with E-state index in [0.29, 0.717) is 11.4 Å². The van der Waals surface area contributed by atoms with Crippen molar-refractivity contribution in [1.82, 2.24) is 29.8 Å². The highest BCUT2D eigenvalue weighted by Gasteiger charge is 2.31. The molecule has 1 amide bonds. The molecule has 0 atom stereocenters. The highest BCUT2D eigenvalue weighted by molar-refractivity contribution is 5.79. The van der Waals surface area contributed by atoms with Crippen molar-refractivity contribution in [3.63, 3.8) is 0 Å². The van der Waals surface area contributed by atoms with E-state index in [0.717, 1.165) is 10.9 Å². The van der Waals surface area contributed by atoms with Crippen LogP contribution in [0, 0.1) is 6.92 Å². The number of carbonyl (C=O) groups is 1. The second kappa shape index (κ2) is 9.15. The number of aryl methyl sites for hydroxylation is 1. The van der Waals surface area contributed by atoms with Gasteiger partial charge in [-0.1, -0.05) is 0 Å². The van der Waals surface area contributed by atoms with Gasteiger partial charge in [-0.3, -0.25) is 24.1 Å². The quantitative estimate of drug-likeness (QED) is 0.377. The molecule has 4 aromatic heterocycles. The molecule has 0 bridgehead atoms. The summed E-state index contributed by atoms with van der Waals surface area (Å²) < 4.78 is 30.0. The Morgan fingerprint density at radius 1 is 1.18 bits per heavy atom. The van der Waals surface area contributed by atoms with Crippen molar-refractivity contribution < 1.29 is 13.6 Å². The van der Waals surface area contributed by atoms with Crippen LogP contribution in [0.1, 0.15) is 17.0 Å². The largest absolute Gasteiger partial charge is 0.360 e. The zero-order valence-corrected chi connectivity index (χ0v) is 17.7. The van der Waals surface area contributed by atoms with E-state index in [-0.39, 0.29) is 24.5 Å². The molecular weight excluding hydrogens is 432 g/mol. The van der Waals surface area contributed by atoms with E-state index in [1.807, 2.05) is 12.1 Å². The second-order valence-electron chi connectivity index (χ2n) is 7.45. The lowest BCUT2D eigenvalue weighted by Gasteiger charge is -2.18. The van der Waals surface area contributed by atoms with Crippen LogP contribution in [0.15, 0.2) is 60.0 Å². The molecule has 4 rings (SSSR count). The summed E-state index contributed by atoms with van der Waals surface area (Å²) >= 11 is 0. The van der Waals surface area contributed by atoms with Gasteiger partial charge in [0, 0.05) is 41.4 Å². The fourth-order valence-electron chi connectivity index (χ4n) is 3.26. The number of aromatic amines is 1. The molecule has 4 aromatic rings. The molecule has 0 fully saturated rings. The van der Waals surface area contributed by atoms with E-state index >= 15 is 0 Å². The summed E-state index contributed by atoms with van der Waals surface area (Å²) in [5, 5.41) is 6.09. The van der Waals surface area contributed by atoms with Crippen molar-refractivity contribution in [3.05, 3.63) is 82.6 Å². The summed E-state index contributed by atoms with van der Waals surface area (Å²) in [6, 6.07) is 6.15. The van der Waals surface area contributed by atoms with Crippen molar-refractivity contribution in [1.29, 1.82) is 0 Å². The van der Waals surface area contributed by atoms with Crippen LogP contribution in [0.25, 0.3) is 10.9 Å². The molecule has 11 heteroatoms. The lowest BCUT2D eigenvalue weighted by Crippen LogP contribution is -2.35. The number of H-pyrrole nitrogens is 1. The number of rotatable bonds is 8. The summed E-state index contributed by atoms with van der Waals surface area (Å²) in [7, 11) is 0. The first-order chi connectivity index (χ1) is 15.8. The number of fused-ring (bicyclic) bond motifs is 1. The normalized spacial score (nSPS) is 11.5. The van der Waals surface area contributed by atoms with Gasteiger partial charge < -0.3 is 15.6 Å². The predicted molar refractivity (Wildman–Crippen MR) is 118 cm³/mol. The Hall–Kier alpha value is -4.15. The molecule has 0 aliphatic rings. The van der Waals surface area contributed by atoms with Gasteiger partial charge >= 0.3 is 0 Å². The lowest BCUT2D eigenvalue weighted by molar-refractivity contribution is -0.121. The van der Waals surface area contributed by atoms with Crippen LogP contribution in [0.4, 0.5) is 14.6 Å². The van der Waals surface area contributed by atoms with Crippen molar-refractivity contribution in [2.45, 2.75) is 25.9 Å².